The van der Waals surface area contributed by atoms with Gasteiger partial charge < -0.3 is 9.88 Å². The van der Waals surface area contributed by atoms with Gasteiger partial charge in [-0.1, -0.05) is 18.7 Å². The lowest BCUT2D eigenvalue weighted by molar-refractivity contribution is -0.384. The molecule has 10 heteroatoms. The Kier molecular flexibility index (Phi) is 5.72. The number of non-ortho nitro benzene ring substituents is 1. The van der Waals surface area contributed by atoms with Crippen molar-refractivity contribution < 1.29 is 9.72 Å². The van der Waals surface area contributed by atoms with Gasteiger partial charge >= 0.3 is 0 Å². The van der Waals surface area contributed by atoms with Crippen LogP contribution in [0, 0.1) is 10.1 Å². The van der Waals surface area contributed by atoms with Gasteiger partial charge in [0.2, 0.25) is 5.91 Å². The summed E-state index contributed by atoms with van der Waals surface area (Å²) in [5, 5.41) is 22.1. The van der Waals surface area contributed by atoms with E-state index in [-0.39, 0.29) is 17.3 Å². The second-order valence-electron chi connectivity index (χ2n) is 4.57. The maximum Gasteiger partial charge on any atom is 0.270 e. The summed E-state index contributed by atoms with van der Waals surface area (Å²) in [7, 11) is 1.85. The van der Waals surface area contributed by atoms with Crippen LogP contribution in [0.5, 0.6) is 0 Å². The number of halogens is 1. The van der Waals surface area contributed by atoms with Crippen molar-refractivity contribution in [3.8, 4) is 0 Å². The molecule has 0 unspecified atom stereocenters. The van der Waals surface area contributed by atoms with E-state index in [1.54, 1.807) is 0 Å². The maximum absolute atomic E-state index is 12.0. The number of aromatic nitrogens is 3. The monoisotopic (exact) mass is 399 g/mol. The molecule has 8 nitrogen and oxygen atoms in total. The van der Waals surface area contributed by atoms with Gasteiger partial charge in [-0.3, -0.25) is 14.9 Å². The first-order chi connectivity index (χ1) is 10.9. The Morgan fingerprint density at radius 1 is 1.48 bits per heavy atom. The molecule has 23 heavy (non-hydrogen) atoms. The smallest absolute Gasteiger partial charge is 0.270 e. The minimum atomic E-state index is -0.494. The molecule has 0 aliphatic carbocycles. The summed E-state index contributed by atoms with van der Waals surface area (Å²) in [6.45, 7) is 1.98. The molecular weight excluding hydrogens is 386 g/mol. The largest absolute Gasteiger partial charge is 0.324 e. The molecule has 2 aromatic rings. The van der Waals surface area contributed by atoms with Crippen LogP contribution in [-0.2, 0) is 18.3 Å². The Labute approximate surface area is 144 Å². The number of rotatable bonds is 6. The number of benzene rings is 1. The fourth-order valence-electron chi connectivity index (χ4n) is 1.81. The molecule has 0 radical (unpaired) electrons. The third-order valence-electron chi connectivity index (χ3n) is 3.01. The average molecular weight is 400 g/mol. The number of carbonyl (C=O) groups is 1. The first-order valence-electron chi connectivity index (χ1n) is 6.67. The highest BCUT2D eigenvalue weighted by Crippen LogP contribution is 2.27. The third-order valence-corrected chi connectivity index (χ3v) is 4.69. The number of thioether (sulfide) groups is 1. The van der Waals surface area contributed by atoms with Crippen molar-refractivity contribution in [2.75, 3.05) is 11.1 Å². The van der Waals surface area contributed by atoms with E-state index in [0.29, 0.717) is 15.3 Å². The Bertz CT molecular complexity index is 749. The first-order valence-corrected chi connectivity index (χ1v) is 8.45. The zero-order valence-corrected chi connectivity index (χ0v) is 14.8. The molecule has 0 spiro atoms. The highest BCUT2D eigenvalue weighted by atomic mass is 79.9. The van der Waals surface area contributed by atoms with E-state index in [2.05, 4.69) is 31.4 Å². The predicted octanol–water partition coefficient (Wildman–Crippen LogP) is 2.78. The lowest BCUT2D eigenvalue weighted by Gasteiger charge is -2.07. The number of amides is 1. The van der Waals surface area contributed by atoms with Crippen LogP contribution >= 0.6 is 27.7 Å². The van der Waals surface area contributed by atoms with Gasteiger partial charge in [-0.05, 0) is 22.0 Å². The summed E-state index contributed by atoms with van der Waals surface area (Å²) >= 11 is 4.49. The van der Waals surface area contributed by atoms with Crippen LogP contribution in [0.3, 0.4) is 0 Å². The fraction of sp³-hybridized carbons (Fsp3) is 0.308. The topological polar surface area (TPSA) is 103 Å². The van der Waals surface area contributed by atoms with Gasteiger partial charge in [0.1, 0.15) is 5.82 Å². The molecule has 2 rings (SSSR count). The van der Waals surface area contributed by atoms with E-state index in [4.69, 9.17) is 0 Å². The number of carbonyl (C=O) groups excluding carboxylic acids is 1. The van der Waals surface area contributed by atoms with E-state index >= 15 is 0 Å². The van der Waals surface area contributed by atoms with Gasteiger partial charge in [-0.25, -0.2) is 0 Å². The summed E-state index contributed by atoms with van der Waals surface area (Å²) in [6, 6.07) is 4.17. The molecule has 1 heterocycles. The average Bonchev–Trinajstić information content (AvgIpc) is 2.87. The molecule has 1 aromatic carbocycles. The highest BCUT2D eigenvalue weighted by Gasteiger charge is 2.13. The first kappa shape index (κ1) is 17.4. The summed E-state index contributed by atoms with van der Waals surface area (Å²) < 4.78 is 2.30. The third kappa shape index (κ3) is 4.29. The van der Waals surface area contributed by atoms with Crippen LogP contribution in [0.25, 0.3) is 0 Å². The Morgan fingerprint density at radius 2 is 2.22 bits per heavy atom. The molecule has 0 aliphatic rings. The van der Waals surface area contributed by atoms with Crippen LogP contribution in [0.1, 0.15) is 12.7 Å². The number of nitrogens with zero attached hydrogens (tertiary/aromatic N) is 4. The molecule has 0 saturated carbocycles. The number of nitro groups is 1. The summed E-state index contributed by atoms with van der Waals surface area (Å²) in [5.74, 6) is 0.788. The molecule has 0 atom stereocenters. The Morgan fingerprint density at radius 3 is 2.78 bits per heavy atom. The van der Waals surface area contributed by atoms with E-state index in [0.717, 1.165) is 12.2 Å². The molecule has 0 bridgehead atoms. The highest BCUT2D eigenvalue weighted by molar-refractivity contribution is 9.10. The molecule has 1 aromatic heterocycles. The number of hydrogen-bond acceptors (Lipinski definition) is 6. The normalized spacial score (nSPS) is 10.6. The lowest BCUT2D eigenvalue weighted by Crippen LogP contribution is -2.15. The molecule has 122 valence electrons. The minimum Gasteiger partial charge on any atom is -0.324 e. The van der Waals surface area contributed by atoms with Crippen molar-refractivity contribution in [3.05, 3.63) is 38.6 Å². The van der Waals surface area contributed by atoms with Crippen LogP contribution in [0.15, 0.2) is 27.8 Å². The second kappa shape index (κ2) is 7.55. The molecule has 1 N–H and O–H groups in total. The standard InChI is InChI=1S/C13H14BrN5O3S/c1-3-11-16-17-13(18(11)2)23-7-12(20)15-10-5-4-8(19(21)22)6-9(10)14/h4-6H,3,7H2,1-2H3,(H,15,20). The molecule has 0 fully saturated rings. The van der Waals surface area contributed by atoms with E-state index in [1.807, 2.05) is 18.5 Å². The van der Waals surface area contributed by atoms with Crippen molar-refractivity contribution in [1.29, 1.82) is 0 Å². The van der Waals surface area contributed by atoms with E-state index < -0.39 is 4.92 Å². The van der Waals surface area contributed by atoms with Crippen molar-refractivity contribution in [3.63, 3.8) is 0 Å². The van der Waals surface area contributed by atoms with Gasteiger partial charge in [-0.15, -0.1) is 10.2 Å². The van der Waals surface area contributed by atoms with Crippen molar-refractivity contribution in [2.45, 2.75) is 18.5 Å². The number of anilines is 1. The predicted molar refractivity (Wildman–Crippen MR) is 90.5 cm³/mol. The number of hydrogen-bond donors (Lipinski definition) is 1. The molecule has 0 saturated heterocycles. The number of nitrogens with one attached hydrogen (secondary N) is 1. The van der Waals surface area contributed by atoms with Crippen LogP contribution in [-0.4, -0.2) is 31.3 Å². The summed E-state index contributed by atoms with van der Waals surface area (Å²) in [5.41, 5.74) is 0.434. The van der Waals surface area contributed by atoms with Crippen molar-refractivity contribution >= 4 is 45.0 Å². The van der Waals surface area contributed by atoms with Crippen molar-refractivity contribution in [2.24, 2.45) is 7.05 Å². The Hall–Kier alpha value is -1.94. The molecule has 0 aliphatic heterocycles. The summed E-state index contributed by atoms with van der Waals surface area (Å²) in [4.78, 5) is 22.2. The quantitative estimate of drug-likeness (QED) is 0.454. The van der Waals surface area contributed by atoms with Gasteiger partial charge in [-0.2, -0.15) is 0 Å². The maximum atomic E-state index is 12.0. The van der Waals surface area contributed by atoms with E-state index in [9.17, 15) is 14.9 Å². The van der Waals surface area contributed by atoms with E-state index in [1.165, 1.54) is 30.0 Å². The van der Waals surface area contributed by atoms with Crippen LogP contribution in [0.4, 0.5) is 11.4 Å². The van der Waals surface area contributed by atoms with Crippen molar-refractivity contribution in [1.82, 2.24) is 14.8 Å². The van der Waals surface area contributed by atoms with Gasteiger partial charge in [0, 0.05) is 30.1 Å². The number of nitro benzene ring substituents is 1. The zero-order chi connectivity index (χ0) is 17.0. The Balaban J connectivity index is 1.97. The zero-order valence-electron chi connectivity index (χ0n) is 12.4. The minimum absolute atomic E-state index is 0.0459. The van der Waals surface area contributed by atoms with Gasteiger partial charge in [0.05, 0.1) is 16.4 Å². The number of aryl methyl sites for hydroxylation is 1. The SMILES string of the molecule is CCc1nnc(SCC(=O)Nc2ccc([N+](=O)[O-])cc2Br)n1C. The van der Waals surface area contributed by atoms with Crippen LogP contribution < -0.4 is 5.32 Å². The lowest BCUT2D eigenvalue weighted by atomic mass is 10.3. The second-order valence-corrected chi connectivity index (χ2v) is 6.37. The van der Waals surface area contributed by atoms with Gasteiger partial charge in [0.15, 0.2) is 5.16 Å². The summed E-state index contributed by atoms with van der Waals surface area (Å²) in [6.07, 6.45) is 0.770. The van der Waals surface area contributed by atoms with Gasteiger partial charge in [0.25, 0.3) is 5.69 Å². The molecule has 1 amide bonds. The fourth-order valence-corrected chi connectivity index (χ4v) is 3.01. The van der Waals surface area contributed by atoms with Crippen LogP contribution in [0.2, 0.25) is 0 Å². The molecular formula is C13H14BrN5O3S.